The van der Waals surface area contributed by atoms with E-state index in [0.29, 0.717) is 16.2 Å². The van der Waals surface area contributed by atoms with Gasteiger partial charge in [0.1, 0.15) is 17.2 Å². The normalized spacial score (nSPS) is 11.3. The molecule has 0 amide bonds. The van der Waals surface area contributed by atoms with Gasteiger partial charge < -0.3 is 14.9 Å². The van der Waals surface area contributed by atoms with Crippen LogP contribution in [0.2, 0.25) is 0 Å². The van der Waals surface area contributed by atoms with Crippen LogP contribution in [-0.2, 0) is 0 Å². The Hall–Kier alpha value is -3.13. The molecule has 2 aromatic carbocycles. The van der Waals surface area contributed by atoms with Gasteiger partial charge in [0.15, 0.2) is 5.82 Å². The lowest BCUT2D eigenvalue weighted by Gasteiger charge is -2.10. The van der Waals surface area contributed by atoms with E-state index < -0.39 is 0 Å². The Labute approximate surface area is 155 Å². The van der Waals surface area contributed by atoms with Crippen molar-refractivity contribution in [2.24, 2.45) is 5.10 Å². The Morgan fingerprint density at radius 2 is 2.04 bits per heavy atom. The molecular weight excluding hydrogens is 352 g/mol. The molecule has 7 nitrogen and oxygen atoms in total. The van der Waals surface area contributed by atoms with Crippen LogP contribution in [-0.4, -0.2) is 37.4 Å². The summed E-state index contributed by atoms with van der Waals surface area (Å²) in [5.74, 6) is 1.12. The monoisotopic (exact) mass is 370 g/mol. The van der Waals surface area contributed by atoms with Gasteiger partial charge in [-0.05, 0) is 50.3 Å². The molecule has 0 bridgehead atoms. The molecule has 0 radical (unpaired) electrons. The van der Waals surface area contributed by atoms with Gasteiger partial charge in [-0.15, -0.1) is 0 Å². The molecule has 0 atom stereocenters. The van der Waals surface area contributed by atoms with Crippen LogP contribution in [0.4, 0.5) is 0 Å². The highest BCUT2D eigenvalue weighted by molar-refractivity contribution is 7.71. The van der Waals surface area contributed by atoms with Gasteiger partial charge in [0, 0.05) is 17.2 Å². The van der Waals surface area contributed by atoms with Crippen molar-refractivity contribution < 1.29 is 14.9 Å². The number of aromatic hydroxyl groups is 2. The maximum atomic E-state index is 9.87. The predicted octanol–water partition coefficient (Wildman–Crippen LogP) is 3.69. The van der Waals surface area contributed by atoms with E-state index in [1.807, 2.05) is 38.1 Å². The van der Waals surface area contributed by atoms with E-state index in [9.17, 15) is 10.2 Å². The number of hydrogen-bond acceptors (Lipinski definition) is 6. The minimum absolute atomic E-state index is 0.0257. The van der Waals surface area contributed by atoms with Crippen LogP contribution < -0.4 is 4.74 Å². The van der Waals surface area contributed by atoms with Crippen LogP contribution in [0.1, 0.15) is 19.4 Å². The number of aromatic nitrogens is 3. The molecule has 0 fully saturated rings. The molecule has 0 saturated heterocycles. The van der Waals surface area contributed by atoms with Gasteiger partial charge in [-0.25, -0.2) is 5.10 Å². The number of nitrogens with one attached hydrogen (secondary N) is 1. The van der Waals surface area contributed by atoms with Crippen molar-refractivity contribution >= 4 is 18.4 Å². The van der Waals surface area contributed by atoms with Crippen LogP contribution in [0, 0.1) is 4.77 Å². The maximum Gasteiger partial charge on any atom is 0.216 e. The highest BCUT2D eigenvalue weighted by Gasteiger charge is 2.10. The number of hydrogen-bond donors (Lipinski definition) is 3. The average molecular weight is 370 g/mol. The molecule has 0 aliphatic carbocycles. The molecule has 0 spiro atoms. The standard InChI is InChI=1S/C18H18N4O3S/c1-11(2)25-15-5-3-4-12(8-15)17-20-21-18(26)22(17)19-10-13-6-7-14(23)9-16(13)24/h3-11,23-24H,1-2H3,(H,21,26). The fourth-order valence-electron chi connectivity index (χ4n) is 2.33. The molecule has 0 aliphatic rings. The van der Waals surface area contributed by atoms with Crippen molar-refractivity contribution in [3.05, 3.63) is 52.8 Å². The summed E-state index contributed by atoms with van der Waals surface area (Å²) in [6.07, 6.45) is 1.50. The van der Waals surface area contributed by atoms with Crippen LogP contribution in [0.5, 0.6) is 17.2 Å². The second kappa shape index (κ2) is 7.40. The second-order valence-corrected chi connectivity index (χ2v) is 6.23. The Morgan fingerprint density at radius 1 is 1.23 bits per heavy atom. The summed E-state index contributed by atoms with van der Waals surface area (Å²) in [4.78, 5) is 0. The lowest BCUT2D eigenvalue weighted by Crippen LogP contribution is -2.05. The third-order valence-corrected chi connectivity index (χ3v) is 3.70. The molecule has 26 heavy (non-hydrogen) atoms. The molecule has 0 saturated carbocycles. The van der Waals surface area contributed by atoms with E-state index in [1.165, 1.54) is 23.0 Å². The summed E-state index contributed by atoms with van der Waals surface area (Å²) in [7, 11) is 0. The first-order chi connectivity index (χ1) is 12.4. The summed E-state index contributed by atoms with van der Waals surface area (Å²) in [5, 5.41) is 30.5. The summed E-state index contributed by atoms with van der Waals surface area (Å²) in [6, 6.07) is 11.7. The van der Waals surface area contributed by atoms with Gasteiger partial charge >= 0.3 is 0 Å². The number of ether oxygens (including phenoxy) is 1. The summed E-state index contributed by atoms with van der Waals surface area (Å²) in [6.45, 7) is 3.91. The zero-order valence-electron chi connectivity index (χ0n) is 14.2. The first kappa shape index (κ1) is 17.7. The van der Waals surface area contributed by atoms with Crippen molar-refractivity contribution in [3.63, 3.8) is 0 Å². The number of benzene rings is 2. The fraction of sp³-hybridized carbons (Fsp3) is 0.167. The van der Waals surface area contributed by atoms with Crippen molar-refractivity contribution in [2.75, 3.05) is 0 Å². The highest BCUT2D eigenvalue weighted by atomic mass is 32.1. The van der Waals surface area contributed by atoms with Gasteiger partial charge in [-0.1, -0.05) is 12.1 Å². The number of aromatic amines is 1. The molecule has 3 N–H and O–H groups in total. The Morgan fingerprint density at radius 3 is 2.77 bits per heavy atom. The number of nitrogens with zero attached hydrogens (tertiary/aromatic N) is 3. The fourth-order valence-corrected chi connectivity index (χ4v) is 2.51. The molecule has 0 unspecified atom stereocenters. The predicted molar refractivity (Wildman–Crippen MR) is 101 cm³/mol. The van der Waals surface area contributed by atoms with Crippen LogP contribution in [0.15, 0.2) is 47.6 Å². The first-order valence-electron chi connectivity index (χ1n) is 7.95. The molecule has 3 rings (SSSR count). The Kier molecular flexibility index (Phi) is 5.04. The number of rotatable bonds is 5. The zero-order chi connectivity index (χ0) is 18.7. The zero-order valence-corrected chi connectivity index (χ0v) is 15.1. The van der Waals surface area contributed by atoms with Crippen LogP contribution >= 0.6 is 12.2 Å². The van der Waals surface area contributed by atoms with E-state index >= 15 is 0 Å². The lowest BCUT2D eigenvalue weighted by atomic mass is 10.2. The molecule has 1 aromatic heterocycles. The van der Waals surface area contributed by atoms with Gasteiger partial charge in [0.05, 0.1) is 12.3 Å². The smallest absolute Gasteiger partial charge is 0.216 e. The second-order valence-electron chi connectivity index (χ2n) is 5.85. The van der Waals surface area contributed by atoms with Crippen LogP contribution in [0.3, 0.4) is 0 Å². The summed E-state index contributed by atoms with van der Waals surface area (Å²) >= 11 is 5.24. The van der Waals surface area contributed by atoms with E-state index in [-0.39, 0.29) is 17.6 Å². The quantitative estimate of drug-likeness (QED) is 0.470. The van der Waals surface area contributed by atoms with Crippen molar-refractivity contribution in [1.29, 1.82) is 0 Å². The minimum atomic E-state index is -0.0855. The SMILES string of the molecule is CC(C)Oc1cccc(-c2n[nH]c(=S)n2N=Cc2ccc(O)cc2O)c1. The number of phenols is 2. The van der Waals surface area contributed by atoms with E-state index in [4.69, 9.17) is 17.0 Å². The molecule has 1 heterocycles. The van der Waals surface area contributed by atoms with Crippen molar-refractivity contribution in [2.45, 2.75) is 20.0 Å². The third kappa shape index (κ3) is 3.92. The van der Waals surface area contributed by atoms with E-state index in [1.54, 1.807) is 6.07 Å². The maximum absolute atomic E-state index is 9.87. The molecule has 134 valence electrons. The van der Waals surface area contributed by atoms with Crippen molar-refractivity contribution in [3.8, 4) is 28.6 Å². The van der Waals surface area contributed by atoms with Gasteiger partial charge in [-0.3, -0.25) is 0 Å². The highest BCUT2D eigenvalue weighted by Crippen LogP contribution is 2.24. The average Bonchev–Trinajstić information content (AvgIpc) is 2.94. The van der Waals surface area contributed by atoms with E-state index in [0.717, 1.165) is 11.3 Å². The molecule has 3 aromatic rings. The van der Waals surface area contributed by atoms with E-state index in [2.05, 4.69) is 15.3 Å². The topological polar surface area (TPSA) is 95.7 Å². The largest absolute Gasteiger partial charge is 0.508 e. The Bertz CT molecular complexity index is 1010. The molecular formula is C18H18N4O3S. The van der Waals surface area contributed by atoms with Gasteiger partial charge in [0.25, 0.3) is 0 Å². The van der Waals surface area contributed by atoms with Gasteiger partial charge in [-0.2, -0.15) is 14.9 Å². The van der Waals surface area contributed by atoms with Crippen molar-refractivity contribution in [1.82, 2.24) is 14.9 Å². The molecule has 8 heteroatoms. The van der Waals surface area contributed by atoms with Crippen LogP contribution in [0.25, 0.3) is 11.4 Å². The lowest BCUT2D eigenvalue weighted by molar-refractivity contribution is 0.242. The summed E-state index contributed by atoms with van der Waals surface area (Å²) in [5.41, 5.74) is 1.22. The minimum Gasteiger partial charge on any atom is -0.508 e. The number of H-pyrrole nitrogens is 1. The third-order valence-electron chi connectivity index (χ3n) is 3.44. The number of phenolic OH excluding ortho intramolecular Hbond substituents is 2. The van der Waals surface area contributed by atoms with Gasteiger partial charge in [0.2, 0.25) is 4.77 Å². The molecule has 0 aliphatic heterocycles. The summed E-state index contributed by atoms with van der Waals surface area (Å²) < 4.78 is 7.48. The Balaban J connectivity index is 1.97. The first-order valence-corrected chi connectivity index (χ1v) is 8.35.